The van der Waals surface area contributed by atoms with E-state index in [2.05, 4.69) is 6.92 Å². The molecule has 0 amide bonds. The van der Waals surface area contributed by atoms with Crippen molar-refractivity contribution in [2.24, 2.45) is 5.73 Å². The maximum absolute atomic E-state index is 11.7. The van der Waals surface area contributed by atoms with Crippen LogP contribution >= 0.6 is 0 Å². The van der Waals surface area contributed by atoms with Crippen molar-refractivity contribution in [3.8, 4) is 0 Å². The summed E-state index contributed by atoms with van der Waals surface area (Å²) in [4.78, 5) is 0. The molecule has 2 N–H and O–H groups in total. The van der Waals surface area contributed by atoms with E-state index in [1.54, 1.807) is 0 Å². The van der Waals surface area contributed by atoms with Crippen LogP contribution in [0.2, 0.25) is 0 Å². The molecule has 0 aromatic rings. The second-order valence-electron chi connectivity index (χ2n) is 6.10. The predicted molar refractivity (Wildman–Crippen MR) is 88.8 cm³/mol. The first kappa shape index (κ1) is 19.9. The number of hydrogen-bond donors (Lipinski definition) is 1. The van der Waals surface area contributed by atoms with Gasteiger partial charge in [0, 0.05) is 6.04 Å². The van der Waals surface area contributed by atoms with E-state index in [1.807, 2.05) is 6.92 Å². The van der Waals surface area contributed by atoms with E-state index in [0.29, 0.717) is 12.2 Å². The molecular formula is C16H35NO2S. The predicted octanol–water partition coefficient (Wildman–Crippen LogP) is 4.06. The lowest BCUT2D eigenvalue weighted by Gasteiger charge is -2.06. The maximum Gasteiger partial charge on any atom is 0.150 e. The molecule has 0 saturated heterocycles. The molecule has 0 aromatic heterocycles. The van der Waals surface area contributed by atoms with Crippen LogP contribution in [0.15, 0.2) is 0 Å². The summed E-state index contributed by atoms with van der Waals surface area (Å²) in [5, 5.41) is 0. The minimum atomic E-state index is -2.86. The van der Waals surface area contributed by atoms with E-state index >= 15 is 0 Å². The minimum absolute atomic E-state index is 0.0162. The first-order valence-electron chi connectivity index (χ1n) is 8.44. The van der Waals surface area contributed by atoms with Crippen LogP contribution in [-0.4, -0.2) is 26.0 Å². The molecule has 122 valence electrons. The number of hydrogen-bond acceptors (Lipinski definition) is 3. The highest BCUT2D eigenvalue weighted by molar-refractivity contribution is 7.91. The van der Waals surface area contributed by atoms with E-state index in [-0.39, 0.29) is 11.8 Å². The molecule has 0 bridgehead atoms. The molecule has 4 heteroatoms. The molecule has 0 aliphatic rings. The lowest BCUT2D eigenvalue weighted by Crippen LogP contribution is -2.21. The van der Waals surface area contributed by atoms with Gasteiger partial charge in [0.05, 0.1) is 11.5 Å². The average Bonchev–Trinajstić information content (AvgIpc) is 2.39. The summed E-state index contributed by atoms with van der Waals surface area (Å²) in [5.74, 6) is 0.596. The van der Waals surface area contributed by atoms with Crippen LogP contribution in [0.5, 0.6) is 0 Å². The number of rotatable bonds is 14. The van der Waals surface area contributed by atoms with Crippen LogP contribution in [0.1, 0.15) is 84.5 Å². The number of unbranched alkanes of at least 4 members (excludes halogenated alkanes) is 9. The molecule has 0 spiro atoms. The van der Waals surface area contributed by atoms with Crippen LogP contribution in [-0.2, 0) is 9.84 Å². The van der Waals surface area contributed by atoms with Crippen molar-refractivity contribution < 1.29 is 8.42 Å². The van der Waals surface area contributed by atoms with Gasteiger partial charge in [0.2, 0.25) is 0 Å². The summed E-state index contributed by atoms with van der Waals surface area (Å²) in [7, 11) is -2.86. The molecule has 0 saturated carbocycles. The Kier molecular flexibility index (Phi) is 12.6. The van der Waals surface area contributed by atoms with Crippen molar-refractivity contribution in [2.75, 3.05) is 11.5 Å². The molecular weight excluding hydrogens is 270 g/mol. The normalized spacial score (nSPS) is 13.6. The fraction of sp³-hybridized carbons (Fsp3) is 1.00. The molecule has 20 heavy (non-hydrogen) atoms. The van der Waals surface area contributed by atoms with Crippen molar-refractivity contribution in [1.82, 2.24) is 0 Å². The largest absolute Gasteiger partial charge is 0.328 e. The molecule has 0 aromatic carbocycles. The van der Waals surface area contributed by atoms with E-state index in [1.165, 1.54) is 51.4 Å². The first-order chi connectivity index (χ1) is 9.48. The van der Waals surface area contributed by atoms with Gasteiger partial charge in [-0.2, -0.15) is 0 Å². The fourth-order valence-electron chi connectivity index (χ4n) is 2.28. The third-order valence-corrected chi connectivity index (χ3v) is 5.46. The highest BCUT2D eigenvalue weighted by Gasteiger charge is 2.11. The summed E-state index contributed by atoms with van der Waals surface area (Å²) >= 11 is 0. The monoisotopic (exact) mass is 305 g/mol. The zero-order chi connectivity index (χ0) is 15.3. The molecule has 0 fully saturated rings. The van der Waals surface area contributed by atoms with Gasteiger partial charge in [-0.25, -0.2) is 8.42 Å². The Morgan fingerprint density at radius 2 is 1.25 bits per heavy atom. The van der Waals surface area contributed by atoms with Gasteiger partial charge in [-0.15, -0.1) is 0 Å². The van der Waals surface area contributed by atoms with Crippen molar-refractivity contribution in [2.45, 2.75) is 90.5 Å². The van der Waals surface area contributed by atoms with Gasteiger partial charge in [-0.05, 0) is 19.8 Å². The second-order valence-corrected chi connectivity index (χ2v) is 8.40. The number of sulfone groups is 1. The molecule has 0 heterocycles. The third-order valence-electron chi connectivity index (χ3n) is 3.69. The van der Waals surface area contributed by atoms with Crippen molar-refractivity contribution >= 4 is 9.84 Å². The second kappa shape index (κ2) is 12.6. The van der Waals surface area contributed by atoms with Crippen LogP contribution in [0.25, 0.3) is 0 Å². The highest BCUT2D eigenvalue weighted by atomic mass is 32.2. The quantitative estimate of drug-likeness (QED) is 0.492. The van der Waals surface area contributed by atoms with Crippen molar-refractivity contribution in [1.29, 1.82) is 0 Å². The van der Waals surface area contributed by atoms with Gasteiger partial charge in [-0.1, -0.05) is 64.7 Å². The van der Waals surface area contributed by atoms with Gasteiger partial charge >= 0.3 is 0 Å². The summed E-state index contributed by atoms with van der Waals surface area (Å²) in [6.45, 7) is 4.10. The SMILES string of the molecule is CCCCCCCCCCCCS(=O)(=O)CCC(C)N. The Morgan fingerprint density at radius 3 is 1.70 bits per heavy atom. The zero-order valence-electron chi connectivity index (χ0n) is 13.6. The lowest BCUT2D eigenvalue weighted by atomic mass is 10.1. The smallest absolute Gasteiger partial charge is 0.150 e. The van der Waals surface area contributed by atoms with Crippen LogP contribution in [0.4, 0.5) is 0 Å². The van der Waals surface area contributed by atoms with Crippen molar-refractivity contribution in [3.63, 3.8) is 0 Å². The molecule has 0 aliphatic heterocycles. The standard InChI is InChI=1S/C16H35NO2S/c1-3-4-5-6-7-8-9-10-11-12-14-20(18,19)15-13-16(2)17/h16H,3-15,17H2,1-2H3. The van der Waals surface area contributed by atoms with Crippen molar-refractivity contribution in [3.05, 3.63) is 0 Å². The number of nitrogens with two attached hydrogens (primary N) is 1. The average molecular weight is 306 g/mol. The summed E-state index contributed by atoms with van der Waals surface area (Å²) in [6, 6.07) is -0.0162. The van der Waals surface area contributed by atoms with Gasteiger partial charge in [0.25, 0.3) is 0 Å². The molecule has 0 aliphatic carbocycles. The zero-order valence-corrected chi connectivity index (χ0v) is 14.4. The molecule has 3 nitrogen and oxygen atoms in total. The molecule has 0 radical (unpaired) electrons. The van der Waals surface area contributed by atoms with Crippen LogP contribution < -0.4 is 5.73 Å². The van der Waals surface area contributed by atoms with E-state index in [9.17, 15) is 8.42 Å². The summed E-state index contributed by atoms with van der Waals surface area (Å²) in [5.41, 5.74) is 5.59. The van der Waals surface area contributed by atoms with Gasteiger partial charge < -0.3 is 5.73 Å². The van der Waals surface area contributed by atoms with Gasteiger partial charge in [0.1, 0.15) is 9.84 Å². The molecule has 1 unspecified atom stereocenters. The summed E-state index contributed by atoms with van der Waals surface area (Å²) < 4.78 is 23.4. The fourth-order valence-corrected chi connectivity index (χ4v) is 3.86. The Hall–Kier alpha value is -0.0900. The summed E-state index contributed by atoms with van der Waals surface area (Å²) in [6.07, 6.45) is 12.9. The van der Waals surface area contributed by atoms with E-state index in [4.69, 9.17) is 5.73 Å². The highest BCUT2D eigenvalue weighted by Crippen LogP contribution is 2.11. The topological polar surface area (TPSA) is 60.2 Å². The lowest BCUT2D eigenvalue weighted by molar-refractivity contribution is 0.556. The van der Waals surface area contributed by atoms with Crippen LogP contribution in [0.3, 0.4) is 0 Å². The Balaban J connectivity index is 3.34. The van der Waals surface area contributed by atoms with Gasteiger partial charge in [0.15, 0.2) is 0 Å². The third kappa shape index (κ3) is 14.3. The maximum atomic E-state index is 11.7. The minimum Gasteiger partial charge on any atom is -0.328 e. The first-order valence-corrected chi connectivity index (χ1v) is 10.3. The Morgan fingerprint density at radius 1 is 0.800 bits per heavy atom. The van der Waals surface area contributed by atoms with E-state index < -0.39 is 9.84 Å². The van der Waals surface area contributed by atoms with E-state index in [0.717, 1.165) is 12.8 Å². The molecule has 0 rings (SSSR count). The van der Waals surface area contributed by atoms with Crippen LogP contribution in [0, 0.1) is 0 Å². The Labute approximate surface area is 126 Å². The van der Waals surface area contributed by atoms with Gasteiger partial charge in [-0.3, -0.25) is 0 Å². The molecule has 1 atom stereocenters. The Bertz CT molecular complexity index is 300.